The second-order valence-corrected chi connectivity index (χ2v) is 5.56. The van der Waals surface area contributed by atoms with Gasteiger partial charge in [0.2, 0.25) is 0 Å². The number of fused-ring (bicyclic) bond motifs is 1. The smallest absolute Gasteiger partial charge is 0.314 e. The van der Waals surface area contributed by atoms with E-state index in [-0.39, 0.29) is 12.6 Å². The second-order valence-electron chi connectivity index (χ2n) is 5.56. The average Bonchev–Trinajstić information content (AvgIpc) is 2.63. The summed E-state index contributed by atoms with van der Waals surface area (Å²) < 4.78 is 10.4. The van der Waals surface area contributed by atoms with Crippen molar-refractivity contribution in [1.29, 1.82) is 0 Å². The van der Waals surface area contributed by atoms with Crippen LogP contribution >= 0.6 is 0 Å². The largest absolute Gasteiger partial charge is 0.484 e. The van der Waals surface area contributed by atoms with Crippen molar-refractivity contribution in [3.63, 3.8) is 0 Å². The molecular weight excluding hydrogens is 320 g/mol. The number of hydrogen-bond donors (Lipinski definition) is 1. The molecule has 1 N–H and O–H groups in total. The molecule has 0 bridgehead atoms. The highest BCUT2D eigenvalue weighted by Gasteiger charge is 2.17. The Balaban J connectivity index is 1.87. The van der Waals surface area contributed by atoms with Crippen LogP contribution in [0.3, 0.4) is 0 Å². The third-order valence-electron chi connectivity index (χ3n) is 3.71. The summed E-state index contributed by atoms with van der Waals surface area (Å²) in [6, 6.07) is 13.5. The van der Waals surface area contributed by atoms with Gasteiger partial charge in [-0.2, -0.15) is 5.10 Å². The summed E-state index contributed by atoms with van der Waals surface area (Å²) in [6.45, 7) is 5.22. The molecule has 0 saturated heterocycles. The SMILES string of the molecule is CCOC(=O)C(C)/C(C)=N\NC(=O)COc1ccc2ccccc2c1. The minimum Gasteiger partial charge on any atom is -0.484 e. The normalized spacial score (nSPS) is 12.5. The van der Waals surface area contributed by atoms with E-state index in [0.717, 1.165) is 10.8 Å². The van der Waals surface area contributed by atoms with E-state index in [4.69, 9.17) is 9.47 Å². The van der Waals surface area contributed by atoms with Crippen molar-refractivity contribution >= 4 is 28.4 Å². The highest BCUT2D eigenvalue weighted by atomic mass is 16.5. The summed E-state index contributed by atoms with van der Waals surface area (Å²) in [6.07, 6.45) is 0. The maximum absolute atomic E-state index is 11.8. The van der Waals surface area contributed by atoms with Crippen LogP contribution in [0, 0.1) is 5.92 Å². The summed E-state index contributed by atoms with van der Waals surface area (Å²) in [4.78, 5) is 23.4. The molecule has 25 heavy (non-hydrogen) atoms. The van der Waals surface area contributed by atoms with Gasteiger partial charge in [-0.3, -0.25) is 9.59 Å². The van der Waals surface area contributed by atoms with E-state index in [1.807, 2.05) is 42.5 Å². The predicted octanol–water partition coefficient (Wildman–Crippen LogP) is 2.91. The van der Waals surface area contributed by atoms with E-state index in [0.29, 0.717) is 18.1 Å². The first-order chi connectivity index (χ1) is 12.0. The van der Waals surface area contributed by atoms with Crippen LogP contribution in [0.2, 0.25) is 0 Å². The van der Waals surface area contributed by atoms with Crippen molar-refractivity contribution in [3.05, 3.63) is 42.5 Å². The molecule has 2 aromatic carbocycles. The Kier molecular flexibility index (Phi) is 6.51. The van der Waals surface area contributed by atoms with E-state index >= 15 is 0 Å². The number of hydrogen-bond acceptors (Lipinski definition) is 5. The Morgan fingerprint density at radius 1 is 1.16 bits per heavy atom. The van der Waals surface area contributed by atoms with Crippen LogP contribution in [0.15, 0.2) is 47.6 Å². The van der Waals surface area contributed by atoms with Gasteiger partial charge in [0.1, 0.15) is 5.75 Å². The summed E-state index contributed by atoms with van der Waals surface area (Å²) >= 11 is 0. The molecule has 0 aliphatic heterocycles. The zero-order valence-electron chi connectivity index (χ0n) is 14.6. The quantitative estimate of drug-likeness (QED) is 0.477. The molecule has 0 saturated carbocycles. The van der Waals surface area contributed by atoms with Gasteiger partial charge in [-0.1, -0.05) is 30.3 Å². The van der Waals surface area contributed by atoms with Crippen LogP contribution in [0.4, 0.5) is 0 Å². The highest BCUT2D eigenvalue weighted by Crippen LogP contribution is 2.20. The van der Waals surface area contributed by atoms with E-state index in [2.05, 4.69) is 10.5 Å². The van der Waals surface area contributed by atoms with Gasteiger partial charge in [0.15, 0.2) is 6.61 Å². The number of amides is 1. The lowest BCUT2D eigenvalue weighted by molar-refractivity contribution is -0.145. The third-order valence-corrected chi connectivity index (χ3v) is 3.71. The molecule has 6 heteroatoms. The molecule has 6 nitrogen and oxygen atoms in total. The fourth-order valence-corrected chi connectivity index (χ4v) is 2.12. The third kappa shape index (κ3) is 5.31. The first kappa shape index (κ1) is 18.4. The highest BCUT2D eigenvalue weighted by molar-refractivity contribution is 6.00. The average molecular weight is 342 g/mol. The van der Waals surface area contributed by atoms with Crippen LogP contribution in [0.25, 0.3) is 10.8 Å². The summed E-state index contributed by atoms with van der Waals surface area (Å²) in [5.41, 5.74) is 2.85. The molecule has 0 fully saturated rings. The summed E-state index contributed by atoms with van der Waals surface area (Å²) in [7, 11) is 0. The zero-order valence-corrected chi connectivity index (χ0v) is 14.6. The van der Waals surface area contributed by atoms with Crippen molar-refractivity contribution in [3.8, 4) is 5.75 Å². The predicted molar refractivity (Wildman–Crippen MR) is 96.5 cm³/mol. The van der Waals surface area contributed by atoms with Gasteiger partial charge in [-0.05, 0) is 43.7 Å². The number of ether oxygens (including phenoxy) is 2. The zero-order chi connectivity index (χ0) is 18.2. The lowest BCUT2D eigenvalue weighted by Crippen LogP contribution is -2.28. The van der Waals surface area contributed by atoms with Gasteiger partial charge in [-0.25, -0.2) is 5.43 Å². The molecule has 0 radical (unpaired) electrons. The number of carbonyl (C=O) groups excluding carboxylic acids is 2. The van der Waals surface area contributed by atoms with Crippen LogP contribution in [0.5, 0.6) is 5.75 Å². The molecular formula is C19H22N2O4. The van der Waals surface area contributed by atoms with Gasteiger partial charge < -0.3 is 9.47 Å². The second kappa shape index (κ2) is 8.82. The number of nitrogens with zero attached hydrogens (tertiary/aromatic N) is 1. The molecule has 0 spiro atoms. The minimum atomic E-state index is -0.512. The first-order valence-corrected chi connectivity index (χ1v) is 8.12. The molecule has 0 aliphatic rings. The monoisotopic (exact) mass is 342 g/mol. The molecule has 2 aromatic rings. The number of carbonyl (C=O) groups is 2. The molecule has 2 rings (SSSR count). The summed E-state index contributed by atoms with van der Waals surface area (Å²) in [5, 5.41) is 6.07. The molecule has 0 heterocycles. The Bertz CT molecular complexity index is 786. The van der Waals surface area contributed by atoms with Crippen molar-refractivity contribution in [2.24, 2.45) is 11.0 Å². The Morgan fingerprint density at radius 2 is 1.88 bits per heavy atom. The Morgan fingerprint density at radius 3 is 2.60 bits per heavy atom. The molecule has 1 atom stereocenters. The maximum Gasteiger partial charge on any atom is 0.314 e. The van der Waals surface area contributed by atoms with Crippen LogP contribution in [-0.4, -0.2) is 30.8 Å². The van der Waals surface area contributed by atoms with Crippen molar-refractivity contribution in [2.45, 2.75) is 20.8 Å². The van der Waals surface area contributed by atoms with Crippen LogP contribution < -0.4 is 10.2 Å². The van der Waals surface area contributed by atoms with E-state index in [1.165, 1.54) is 0 Å². The molecule has 0 aliphatic carbocycles. The first-order valence-electron chi connectivity index (χ1n) is 8.12. The lowest BCUT2D eigenvalue weighted by Gasteiger charge is -2.10. The van der Waals surface area contributed by atoms with Crippen LogP contribution in [0.1, 0.15) is 20.8 Å². The topological polar surface area (TPSA) is 77.0 Å². The van der Waals surface area contributed by atoms with Crippen molar-refractivity contribution < 1.29 is 19.1 Å². The van der Waals surface area contributed by atoms with E-state index in [9.17, 15) is 9.59 Å². The standard InChI is InChI=1S/C19H22N2O4/c1-4-24-19(23)13(2)14(3)20-21-18(22)12-25-17-10-9-15-7-5-6-8-16(15)11-17/h5-11,13H,4,12H2,1-3H3,(H,21,22)/b20-14-. The Labute approximate surface area is 146 Å². The summed E-state index contributed by atoms with van der Waals surface area (Å²) in [5.74, 6) is -0.676. The van der Waals surface area contributed by atoms with Crippen LogP contribution in [-0.2, 0) is 14.3 Å². The number of rotatable bonds is 7. The van der Waals surface area contributed by atoms with Gasteiger partial charge in [-0.15, -0.1) is 0 Å². The fourth-order valence-electron chi connectivity index (χ4n) is 2.12. The molecule has 1 amide bonds. The number of hydrazone groups is 1. The lowest BCUT2D eigenvalue weighted by atomic mass is 10.1. The maximum atomic E-state index is 11.8. The minimum absolute atomic E-state index is 0.164. The molecule has 1 unspecified atom stereocenters. The van der Waals surface area contributed by atoms with Crippen molar-refractivity contribution in [2.75, 3.05) is 13.2 Å². The van der Waals surface area contributed by atoms with Gasteiger partial charge in [0.05, 0.1) is 12.5 Å². The number of nitrogens with one attached hydrogen (secondary N) is 1. The van der Waals surface area contributed by atoms with E-state index in [1.54, 1.807) is 20.8 Å². The van der Waals surface area contributed by atoms with Gasteiger partial charge >= 0.3 is 5.97 Å². The van der Waals surface area contributed by atoms with E-state index < -0.39 is 11.8 Å². The van der Waals surface area contributed by atoms with Gasteiger partial charge in [0.25, 0.3) is 5.91 Å². The molecule has 0 aromatic heterocycles. The number of esters is 1. The number of benzene rings is 2. The fraction of sp³-hybridized carbons (Fsp3) is 0.316. The van der Waals surface area contributed by atoms with Gasteiger partial charge in [0, 0.05) is 5.71 Å². The Hall–Kier alpha value is -2.89. The van der Waals surface area contributed by atoms with Crippen molar-refractivity contribution in [1.82, 2.24) is 5.43 Å². The molecule has 132 valence electrons.